The number of halogens is 3. The Morgan fingerprint density at radius 1 is 1.20 bits per heavy atom. The molecule has 4 fully saturated rings. The molecule has 0 radical (unpaired) electrons. The maximum atomic E-state index is 17.2. The van der Waals surface area contributed by atoms with Crippen LogP contribution in [-0.4, -0.2) is 111 Å². The first-order valence-electron chi connectivity index (χ1n) is 18.6. The van der Waals surface area contributed by atoms with E-state index in [1.54, 1.807) is 11.0 Å². The number of hydrogen-bond donors (Lipinski definition) is 1. The van der Waals surface area contributed by atoms with Crippen molar-refractivity contribution in [3.05, 3.63) is 65.0 Å². The van der Waals surface area contributed by atoms with E-state index >= 15 is 13.2 Å². The molecule has 54 heavy (non-hydrogen) atoms. The number of carbonyl (C=O) groups excluding carboxylic acids is 1. The zero-order valence-corrected chi connectivity index (χ0v) is 30.1. The van der Waals surface area contributed by atoms with Crippen molar-refractivity contribution in [1.82, 2.24) is 24.8 Å². The van der Waals surface area contributed by atoms with E-state index in [1.807, 2.05) is 11.8 Å². The minimum Gasteiger partial charge on any atom is -0.461 e. The van der Waals surface area contributed by atoms with Crippen molar-refractivity contribution in [1.29, 1.82) is 5.26 Å². The van der Waals surface area contributed by atoms with Gasteiger partial charge in [0.05, 0.1) is 52.4 Å². The number of carbonyl (C=O) groups is 1. The van der Waals surface area contributed by atoms with Gasteiger partial charge in [-0.3, -0.25) is 14.7 Å². The lowest BCUT2D eigenvalue weighted by Gasteiger charge is -2.42. The van der Waals surface area contributed by atoms with Gasteiger partial charge in [-0.2, -0.15) is 15.2 Å². The monoisotopic (exact) mass is 741 g/mol. The number of nitriles is 1. The topological polar surface area (TPSA) is 128 Å². The van der Waals surface area contributed by atoms with Gasteiger partial charge in [0.2, 0.25) is 5.91 Å². The molecular formula is C40H42F3N7O4. The standard InChI is InChI=1S/C40H42F3N7O4/c1-4-28-31(42)7-6-22-13-27(51)14-29(34(22)28)36-35(43)37-30(17-45-36)38(48-19-26-12-23(16-44)32(20-48)50(26)33(52)5-2)47-39(46-37)54-21-40(3)15-24(41)18-49(40)25-8-10-53-11-9-25/h1,5-7,17,23-27,29,32,51H,2,8-15,18-21H2,3H3/t23?,24-,26-,27-,29-,32-,40+/m1/s1. The number of aliphatic hydroxyl groups excluding tert-OH is 1. The van der Waals surface area contributed by atoms with Crippen LogP contribution in [0.5, 0.6) is 6.01 Å². The average Bonchev–Trinajstić information content (AvgIpc) is 3.60. The summed E-state index contributed by atoms with van der Waals surface area (Å²) in [5.74, 6) is -0.247. The Bertz CT molecular complexity index is 2080. The molecule has 2 aromatic heterocycles. The lowest BCUT2D eigenvalue weighted by Crippen LogP contribution is -2.56. The Kier molecular flexibility index (Phi) is 9.49. The highest BCUT2D eigenvalue weighted by molar-refractivity contribution is 5.91. The third-order valence-corrected chi connectivity index (χ3v) is 12.1. The number of piperazine rings is 1. The van der Waals surface area contributed by atoms with Gasteiger partial charge in [-0.25, -0.2) is 13.2 Å². The van der Waals surface area contributed by atoms with Crippen molar-refractivity contribution in [3.63, 3.8) is 0 Å². The van der Waals surface area contributed by atoms with Crippen molar-refractivity contribution in [3.8, 4) is 24.4 Å². The number of hydrogen-bond acceptors (Lipinski definition) is 10. The van der Waals surface area contributed by atoms with E-state index in [2.05, 4.69) is 33.4 Å². The van der Waals surface area contributed by atoms with Gasteiger partial charge in [0.15, 0.2) is 5.82 Å². The Morgan fingerprint density at radius 2 is 2.00 bits per heavy atom. The minimum absolute atomic E-state index is 0.00221. The van der Waals surface area contributed by atoms with Gasteiger partial charge in [0.1, 0.15) is 29.9 Å². The van der Waals surface area contributed by atoms with Crippen molar-refractivity contribution in [2.75, 3.05) is 44.4 Å². The average molecular weight is 742 g/mol. The van der Waals surface area contributed by atoms with Gasteiger partial charge in [-0.15, -0.1) is 6.42 Å². The second-order valence-corrected chi connectivity index (χ2v) is 15.5. The van der Waals surface area contributed by atoms with Crippen LogP contribution in [0.3, 0.4) is 0 Å². The van der Waals surface area contributed by atoms with Crippen LogP contribution < -0.4 is 9.64 Å². The van der Waals surface area contributed by atoms with E-state index in [1.165, 1.54) is 18.3 Å². The number of terminal acetylenes is 1. The predicted molar refractivity (Wildman–Crippen MR) is 192 cm³/mol. The van der Waals surface area contributed by atoms with Crippen LogP contribution in [-0.2, 0) is 16.0 Å². The van der Waals surface area contributed by atoms with E-state index in [-0.39, 0.29) is 85.1 Å². The second-order valence-electron chi connectivity index (χ2n) is 15.5. The molecule has 14 heteroatoms. The fourth-order valence-corrected chi connectivity index (χ4v) is 9.68. The lowest BCUT2D eigenvalue weighted by molar-refractivity contribution is -0.129. The smallest absolute Gasteiger partial charge is 0.319 e. The Balaban J connectivity index is 1.22. The normalized spacial score (nSPS) is 29.8. The lowest BCUT2D eigenvalue weighted by atomic mass is 9.77. The van der Waals surface area contributed by atoms with Crippen molar-refractivity contribution in [2.24, 2.45) is 5.92 Å². The molecule has 1 N–H and O–H groups in total. The molecule has 4 saturated heterocycles. The number of aromatic nitrogens is 3. The third-order valence-electron chi connectivity index (χ3n) is 12.1. The van der Waals surface area contributed by atoms with Gasteiger partial charge in [0.25, 0.3) is 0 Å². The van der Waals surface area contributed by atoms with Gasteiger partial charge in [-0.1, -0.05) is 18.6 Å². The van der Waals surface area contributed by atoms with Gasteiger partial charge in [0, 0.05) is 57.4 Å². The Hall–Kier alpha value is -4.76. The zero-order valence-electron chi connectivity index (χ0n) is 30.1. The van der Waals surface area contributed by atoms with Gasteiger partial charge >= 0.3 is 6.01 Å². The first kappa shape index (κ1) is 36.2. The summed E-state index contributed by atoms with van der Waals surface area (Å²) in [7, 11) is 0. The van der Waals surface area contributed by atoms with Gasteiger partial charge < -0.3 is 24.4 Å². The highest BCUT2D eigenvalue weighted by Crippen LogP contribution is 2.43. The quantitative estimate of drug-likeness (QED) is 0.278. The summed E-state index contributed by atoms with van der Waals surface area (Å²) in [6, 6.07) is 4.36. The number of anilines is 1. The molecule has 8 rings (SSSR count). The predicted octanol–water partition coefficient (Wildman–Crippen LogP) is 4.20. The number of amides is 1. The van der Waals surface area contributed by atoms with Crippen molar-refractivity contribution >= 4 is 22.6 Å². The van der Waals surface area contributed by atoms with Crippen LogP contribution in [0.4, 0.5) is 19.0 Å². The molecular weight excluding hydrogens is 699 g/mol. The number of ether oxygens (including phenoxy) is 2. The van der Waals surface area contributed by atoms with Crippen LogP contribution in [0.15, 0.2) is 31.0 Å². The number of alkyl halides is 1. The van der Waals surface area contributed by atoms with Crippen LogP contribution in [0, 0.1) is 41.2 Å². The summed E-state index contributed by atoms with van der Waals surface area (Å²) in [5, 5.41) is 21.1. The van der Waals surface area contributed by atoms with Gasteiger partial charge in [-0.05, 0) is 62.3 Å². The molecule has 1 aromatic carbocycles. The SMILES string of the molecule is C#Cc1c(F)ccc2c1[C@H](c1ncc3c(N4C[C@H]5CC(C#N)[C@@H](C4)N5C(=O)C=C)nc(OC[C@]4(C)C[C@@H](F)CN4C4CCOCC4)nc3c1F)C[C@H](O)C2. The molecule has 0 saturated carbocycles. The summed E-state index contributed by atoms with van der Waals surface area (Å²) in [6.07, 6.45) is 9.11. The summed E-state index contributed by atoms with van der Waals surface area (Å²) in [6.45, 7) is 7.63. The molecule has 1 aliphatic carbocycles. The molecule has 2 bridgehead atoms. The van der Waals surface area contributed by atoms with Crippen molar-refractivity contribution < 1.29 is 32.5 Å². The molecule has 5 aliphatic rings. The molecule has 282 valence electrons. The highest BCUT2D eigenvalue weighted by Gasteiger charge is 2.49. The summed E-state index contributed by atoms with van der Waals surface area (Å²) >= 11 is 0. The molecule has 0 spiro atoms. The van der Waals surface area contributed by atoms with Crippen LogP contribution in [0.1, 0.15) is 67.3 Å². The molecule has 1 amide bonds. The van der Waals surface area contributed by atoms with Crippen LogP contribution in [0.2, 0.25) is 0 Å². The number of rotatable bonds is 7. The Morgan fingerprint density at radius 3 is 2.74 bits per heavy atom. The van der Waals surface area contributed by atoms with Crippen LogP contribution >= 0.6 is 0 Å². The van der Waals surface area contributed by atoms with Crippen molar-refractivity contribution in [2.45, 2.75) is 87.3 Å². The van der Waals surface area contributed by atoms with E-state index in [4.69, 9.17) is 20.9 Å². The molecule has 6 heterocycles. The fraction of sp³-hybridized carbons (Fsp3) is 0.525. The van der Waals surface area contributed by atoms with E-state index in [0.717, 1.165) is 12.8 Å². The fourth-order valence-electron chi connectivity index (χ4n) is 9.68. The number of benzene rings is 1. The van der Waals surface area contributed by atoms with Crippen LogP contribution in [0.25, 0.3) is 10.9 Å². The van der Waals surface area contributed by atoms with E-state index < -0.39 is 47.3 Å². The number of aliphatic hydroxyl groups is 1. The molecule has 11 nitrogen and oxygen atoms in total. The molecule has 7 atom stereocenters. The summed E-state index contributed by atoms with van der Waals surface area (Å²) < 4.78 is 59.2. The first-order valence-corrected chi connectivity index (χ1v) is 18.6. The number of fused-ring (bicyclic) bond motifs is 4. The molecule has 4 aliphatic heterocycles. The highest BCUT2D eigenvalue weighted by atomic mass is 19.1. The summed E-state index contributed by atoms with van der Waals surface area (Å²) in [5.41, 5.74) is 0.161. The maximum Gasteiger partial charge on any atom is 0.319 e. The molecule has 3 aromatic rings. The molecule has 1 unspecified atom stereocenters. The summed E-state index contributed by atoms with van der Waals surface area (Å²) in [4.78, 5) is 32.6. The largest absolute Gasteiger partial charge is 0.461 e. The van der Waals surface area contributed by atoms with E-state index in [0.29, 0.717) is 43.1 Å². The third kappa shape index (κ3) is 6.14. The van der Waals surface area contributed by atoms with E-state index in [9.17, 15) is 15.2 Å². The number of likely N-dealkylation sites (tertiary alicyclic amines) is 1. The maximum absolute atomic E-state index is 17.2. The minimum atomic E-state index is -1.05. The zero-order chi connectivity index (χ0) is 37.9. The second kappa shape index (κ2) is 14.1. The first-order chi connectivity index (χ1) is 26.0. The number of nitrogens with zero attached hydrogens (tertiary/aromatic N) is 7. The Labute approximate surface area is 311 Å². The number of pyridine rings is 1.